The molecule has 0 spiro atoms. The second-order valence-corrected chi connectivity index (χ2v) is 7.22. The van der Waals surface area contributed by atoms with Gasteiger partial charge in [-0.15, -0.1) is 11.8 Å². The van der Waals surface area contributed by atoms with Crippen molar-refractivity contribution in [3.63, 3.8) is 0 Å². The first kappa shape index (κ1) is 18.1. The van der Waals surface area contributed by atoms with E-state index in [1.807, 2.05) is 13.8 Å². The van der Waals surface area contributed by atoms with Crippen LogP contribution < -0.4 is 15.6 Å². The Balaban J connectivity index is 2.12. The van der Waals surface area contributed by atoms with Crippen LogP contribution in [0, 0.1) is 0 Å². The molecular formula is C17H19N3O5S. The molecule has 0 saturated carbocycles. The summed E-state index contributed by atoms with van der Waals surface area (Å²) in [6.45, 7) is 3.32. The fourth-order valence-corrected chi connectivity index (χ4v) is 3.99. The Hall–Kier alpha value is -2.68. The Kier molecular flexibility index (Phi) is 5.08. The number of para-hydroxylation sites is 1. The zero-order valence-corrected chi connectivity index (χ0v) is 15.1. The third kappa shape index (κ3) is 3.48. The Morgan fingerprint density at radius 3 is 2.81 bits per heavy atom. The van der Waals surface area contributed by atoms with Gasteiger partial charge in [0.1, 0.15) is 11.6 Å². The van der Waals surface area contributed by atoms with E-state index in [2.05, 4.69) is 10.4 Å². The molecular weight excluding hydrogens is 358 g/mol. The highest BCUT2D eigenvalue weighted by atomic mass is 32.2. The van der Waals surface area contributed by atoms with Gasteiger partial charge < -0.3 is 15.2 Å². The number of thioether (sulfide) groups is 1. The molecule has 1 aromatic heterocycles. The molecule has 3 rings (SSSR count). The highest BCUT2D eigenvalue weighted by molar-refractivity contribution is 8.00. The normalized spacial score (nSPS) is 16.7. The van der Waals surface area contributed by atoms with Crippen molar-refractivity contribution >= 4 is 29.5 Å². The molecule has 1 aliphatic rings. The van der Waals surface area contributed by atoms with Gasteiger partial charge in [0.05, 0.1) is 16.6 Å². The predicted molar refractivity (Wildman–Crippen MR) is 97.9 cm³/mol. The molecule has 1 unspecified atom stereocenters. The largest absolute Gasteiger partial charge is 0.482 e. The van der Waals surface area contributed by atoms with E-state index in [-0.39, 0.29) is 23.3 Å². The van der Waals surface area contributed by atoms with E-state index in [0.29, 0.717) is 22.7 Å². The Labute approximate surface area is 153 Å². The summed E-state index contributed by atoms with van der Waals surface area (Å²) in [5, 5.41) is 14.0. The number of carboxylic acids is 1. The minimum absolute atomic E-state index is 0.0472. The maximum absolute atomic E-state index is 12.6. The van der Waals surface area contributed by atoms with Crippen LogP contribution in [-0.4, -0.2) is 39.1 Å². The second kappa shape index (κ2) is 7.28. The lowest BCUT2D eigenvalue weighted by Gasteiger charge is -2.18. The number of ether oxygens (including phenoxy) is 1. The number of H-pyrrole nitrogens is 1. The summed E-state index contributed by atoms with van der Waals surface area (Å²) in [7, 11) is 0. The number of carbonyl (C=O) groups excluding carboxylic acids is 1. The third-order valence-electron chi connectivity index (χ3n) is 3.93. The summed E-state index contributed by atoms with van der Waals surface area (Å²) in [5.74, 6) is -0.294. The number of carbonyl (C=O) groups is 2. The number of benzene rings is 1. The Morgan fingerprint density at radius 2 is 2.12 bits per heavy atom. The molecule has 9 heteroatoms. The van der Waals surface area contributed by atoms with Crippen LogP contribution in [0.1, 0.15) is 36.3 Å². The van der Waals surface area contributed by atoms with Gasteiger partial charge in [0, 0.05) is 11.6 Å². The van der Waals surface area contributed by atoms with Crippen molar-refractivity contribution < 1.29 is 19.4 Å². The van der Waals surface area contributed by atoms with Crippen molar-refractivity contribution in [1.82, 2.24) is 9.78 Å². The maximum Gasteiger partial charge on any atom is 0.341 e. The number of aliphatic carboxylic acids is 1. The van der Waals surface area contributed by atoms with Gasteiger partial charge in [-0.25, -0.2) is 4.79 Å². The number of amides is 1. The minimum atomic E-state index is -1.09. The molecule has 8 nitrogen and oxygen atoms in total. The van der Waals surface area contributed by atoms with Crippen molar-refractivity contribution in [1.29, 1.82) is 0 Å². The molecule has 0 fully saturated rings. The zero-order chi connectivity index (χ0) is 18.8. The van der Waals surface area contributed by atoms with Crippen molar-refractivity contribution in [2.45, 2.75) is 25.1 Å². The van der Waals surface area contributed by atoms with Gasteiger partial charge in [0.2, 0.25) is 5.91 Å². The van der Waals surface area contributed by atoms with E-state index in [4.69, 9.17) is 9.84 Å². The number of hydrogen-bond acceptors (Lipinski definition) is 5. The van der Waals surface area contributed by atoms with Gasteiger partial charge >= 0.3 is 5.97 Å². The molecule has 26 heavy (non-hydrogen) atoms. The summed E-state index contributed by atoms with van der Waals surface area (Å²) in [5.41, 5.74) is 0.797. The molecule has 0 saturated heterocycles. The average molecular weight is 377 g/mol. The number of hydrogen-bond donors (Lipinski definition) is 3. The number of nitrogens with one attached hydrogen (secondary N) is 2. The standard InChI is InChI=1S/C17H19N3O5S/c1-9(2)20-16-14(17(24)19-20)15(26-8-12(21)18-16)10-5-3-4-6-11(10)25-7-13(22)23/h3-6,9,15H,7-8H2,1-2H3,(H,18,21)(H,19,24)(H,22,23). The van der Waals surface area contributed by atoms with Crippen molar-refractivity contribution in [2.24, 2.45) is 0 Å². The first-order valence-electron chi connectivity index (χ1n) is 8.08. The summed E-state index contributed by atoms with van der Waals surface area (Å²) >= 11 is 1.30. The van der Waals surface area contributed by atoms with Crippen LogP contribution in [0.25, 0.3) is 0 Å². The number of aromatic amines is 1. The van der Waals surface area contributed by atoms with Crippen LogP contribution in [0.4, 0.5) is 5.82 Å². The molecule has 0 radical (unpaired) electrons. The molecule has 0 bridgehead atoms. The van der Waals surface area contributed by atoms with E-state index >= 15 is 0 Å². The lowest BCUT2D eigenvalue weighted by atomic mass is 10.0. The van der Waals surface area contributed by atoms with E-state index in [9.17, 15) is 14.4 Å². The van der Waals surface area contributed by atoms with Gasteiger partial charge in [0.15, 0.2) is 6.61 Å². The molecule has 3 N–H and O–H groups in total. The first-order valence-corrected chi connectivity index (χ1v) is 9.12. The van der Waals surface area contributed by atoms with Crippen LogP contribution in [0.2, 0.25) is 0 Å². The van der Waals surface area contributed by atoms with Crippen LogP contribution >= 0.6 is 11.8 Å². The lowest BCUT2D eigenvalue weighted by molar-refractivity contribution is -0.139. The summed E-state index contributed by atoms with van der Waals surface area (Å²) < 4.78 is 7.03. The Morgan fingerprint density at radius 1 is 1.38 bits per heavy atom. The van der Waals surface area contributed by atoms with Gasteiger partial charge in [-0.05, 0) is 19.9 Å². The summed E-state index contributed by atoms with van der Waals surface area (Å²) in [6.07, 6.45) is 0. The molecule has 1 amide bonds. The number of nitrogens with zero attached hydrogens (tertiary/aromatic N) is 1. The second-order valence-electron chi connectivity index (χ2n) is 6.13. The van der Waals surface area contributed by atoms with Gasteiger partial charge in [-0.2, -0.15) is 0 Å². The molecule has 1 aromatic carbocycles. The van der Waals surface area contributed by atoms with Crippen LogP contribution in [0.15, 0.2) is 29.1 Å². The van der Waals surface area contributed by atoms with Crippen molar-refractivity contribution in [3.8, 4) is 5.75 Å². The van der Waals surface area contributed by atoms with E-state index < -0.39 is 17.8 Å². The minimum Gasteiger partial charge on any atom is -0.482 e. The Bertz CT molecular complexity index is 902. The number of rotatable bonds is 5. The number of anilines is 1. The highest BCUT2D eigenvalue weighted by Gasteiger charge is 2.32. The topological polar surface area (TPSA) is 113 Å². The third-order valence-corrected chi connectivity index (χ3v) is 5.18. The quantitative estimate of drug-likeness (QED) is 0.734. The molecule has 2 aromatic rings. The smallest absolute Gasteiger partial charge is 0.341 e. The fourth-order valence-electron chi connectivity index (χ4n) is 2.84. The van der Waals surface area contributed by atoms with E-state index in [0.717, 1.165) is 0 Å². The van der Waals surface area contributed by atoms with E-state index in [1.54, 1.807) is 28.9 Å². The van der Waals surface area contributed by atoms with Gasteiger partial charge in [-0.3, -0.25) is 19.4 Å². The van der Waals surface area contributed by atoms with E-state index in [1.165, 1.54) is 11.8 Å². The number of carboxylic acid groups (broad SMARTS) is 1. The summed E-state index contributed by atoms with van der Waals surface area (Å²) in [6, 6.07) is 6.91. The van der Waals surface area contributed by atoms with Gasteiger partial charge in [0.25, 0.3) is 5.56 Å². The SMILES string of the molecule is CC(C)n1[nH]c(=O)c2c1NC(=O)CSC2c1ccccc1OCC(=O)O. The van der Waals surface area contributed by atoms with Crippen LogP contribution in [-0.2, 0) is 9.59 Å². The molecule has 2 heterocycles. The molecule has 1 aliphatic heterocycles. The average Bonchev–Trinajstić information content (AvgIpc) is 2.80. The summed E-state index contributed by atoms with van der Waals surface area (Å²) in [4.78, 5) is 35.6. The first-order chi connectivity index (χ1) is 12.4. The fraction of sp³-hybridized carbons (Fsp3) is 0.353. The number of fused-ring (bicyclic) bond motifs is 1. The van der Waals surface area contributed by atoms with Crippen molar-refractivity contribution in [3.05, 3.63) is 45.7 Å². The highest BCUT2D eigenvalue weighted by Crippen LogP contribution is 2.43. The molecule has 1 atom stereocenters. The van der Waals surface area contributed by atoms with Crippen molar-refractivity contribution in [2.75, 3.05) is 17.7 Å². The predicted octanol–water partition coefficient (Wildman–Crippen LogP) is 2.00. The lowest BCUT2D eigenvalue weighted by Crippen LogP contribution is -2.17. The number of aromatic nitrogens is 2. The monoisotopic (exact) mass is 377 g/mol. The molecule has 138 valence electrons. The van der Waals surface area contributed by atoms with Crippen LogP contribution in [0.5, 0.6) is 5.75 Å². The molecule has 0 aliphatic carbocycles. The van der Waals surface area contributed by atoms with Gasteiger partial charge in [-0.1, -0.05) is 18.2 Å². The van der Waals surface area contributed by atoms with Crippen LogP contribution in [0.3, 0.4) is 0 Å². The maximum atomic E-state index is 12.6. The zero-order valence-electron chi connectivity index (χ0n) is 14.3.